The summed E-state index contributed by atoms with van der Waals surface area (Å²) < 4.78 is 13.5. The molecule has 2 rings (SSSR count). The van der Waals surface area contributed by atoms with Crippen LogP contribution in [0.1, 0.15) is 30.9 Å². The molecule has 0 saturated carbocycles. The molecule has 0 aliphatic carbocycles. The lowest BCUT2D eigenvalue weighted by Gasteiger charge is -2.34. The van der Waals surface area contributed by atoms with E-state index in [-0.39, 0.29) is 11.2 Å². The van der Waals surface area contributed by atoms with Gasteiger partial charge in [0.15, 0.2) is 0 Å². The lowest BCUT2D eigenvalue weighted by Crippen LogP contribution is -2.37. The van der Waals surface area contributed by atoms with Crippen LogP contribution in [0.25, 0.3) is 0 Å². The largest absolute Gasteiger partial charge is 0.317 e. The molecule has 1 aliphatic rings. The Hall–Kier alpha value is -0.890. The van der Waals surface area contributed by atoms with Gasteiger partial charge in [-0.2, -0.15) is 0 Å². The number of rotatable bonds is 1. The second-order valence-corrected chi connectivity index (χ2v) is 4.77. The first-order valence-electron chi connectivity index (χ1n) is 5.59. The first-order valence-corrected chi connectivity index (χ1v) is 5.59. The third kappa shape index (κ3) is 2.05. The van der Waals surface area contributed by atoms with Crippen molar-refractivity contribution in [2.45, 2.75) is 32.1 Å². The summed E-state index contributed by atoms with van der Waals surface area (Å²) in [6, 6.07) is 5.67. The van der Waals surface area contributed by atoms with Gasteiger partial charge in [0.25, 0.3) is 0 Å². The maximum Gasteiger partial charge on any atom is 0.126 e. The molecule has 0 atom stereocenters. The molecular formula is C13H18FN. The Morgan fingerprint density at radius 3 is 2.53 bits per heavy atom. The fourth-order valence-corrected chi connectivity index (χ4v) is 2.24. The molecule has 1 nitrogen and oxygen atoms in total. The predicted octanol–water partition coefficient (Wildman–Crippen LogP) is 2.78. The van der Waals surface area contributed by atoms with Gasteiger partial charge in [-0.3, -0.25) is 0 Å². The molecule has 0 amide bonds. The van der Waals surface area contributed by atoms with E-state index >= 15 is 0 Å². The van der Waals surface area contributed by atoms with Crippen molar-refractivity contribution in [1.29, 1.82) is 0 Å². The molecule has 82 valence electrons. The number of benzene rings is 1. The molecule has 0 bridgehead atoms. The van der Waals surface area contributed by atoms with E-state index in [2.05, 4.69) is 18.3 Å². The fraction of sp³-hybridized carbons (Fsp3) is 0.538. The maximum absolute atomic E-state index is 13.5. The van der Waals surface area contributed by atoms with Crippen LogP contribution in [0.4, 0.5) is 4.39 Å². The van der Waals surface area contributed by atoms with Gasteiger partial charge in [0.1, 0.15) is 5.82 Å². The number of aryl methyl sites for hydroxylation is 1. The number of halogens is 1. The topological polar surface area (TPSA) is 12.0 Å². The summed E-state index contributed by atoms with van der Waals surface area (Å²) in [4.78, 5) is 0. The Morgan fingerprint density at radius 1 is 1.27 bits per heavy atom. The van der Waals surface area contributed by atoms with Gasteiger partial charge in [-0.25, -0.2) is 4.39 Å². The molecule has 0 spiro atoms. The molecule has 2 heteroatoms. The molecular weight excluding hydrogens is 189 g/mol. The van der Waals surface area contributed by atoms with Crippen LogP contribution < -0.4 is 5.32 Å². The Morgan fingerprint density at radius 2 is 1.93 bits per heavy atom. The quantitative estimate of drug-likeness (QED) is 0.746. The Balaban J connectivity index is 2.31. The lowest BCUT2D eigenvalue weighted by molar-refractivity contribution is 0.334. The monoisotopic (exact) mass is 207 g/mol. The second-order valence-electron chi connectivity index (χ2n) is 4.77. The van der Waals surface area contributed by atoms with Gasteiger partial charge >= 0.3 is 0 Å². The van der Waals surface area contributed by atoms with E-state index in [1.165, 1.54) is 0 Å². The minimum absolute atomic E-state index is 0.0766. The van der Waals surface area contributed by atoms with E-state index < -0.39 is 0 Å². The summed E-state index contributed by atoms with van der Waals surface area (Å²) in [5, 5.41) is 3.34. The smallest absolute Gasteiger partial charge is 0.126 e. The SMILES string of the molecule is Cc1ccc(C2(C)CCNCC2)cc1F. The lowest BCUT2D eigenvalue weighted by atomic mass is 9.75. The zero-order chi connectivity index (χ0) is 10.9. The number of piperidine rings is 1. The first kappa shape index (κ1) is 10.6. The van der Waals surface area contributed by atoms with E-state index in [1.54, 1.807) is 6.07 Å². The highest BCUT2D eigenvalue weighted by Crippen LogP contribution is 2.33. The summed E-state index contributed by atoms with van der Waals surface area (Å²) in [5.41, 5.74) is 2.03. The molecule has 1 aliphatic heterocycles. The van der Waals surface area contributed by atoms with Crippen LogP contribution in [0.5, 0.6) is 0 Å². The van der Waals surface area contributed by atoms with Crippen LogP contribution in [-0.4, -0.2) is 13.1 Å². The minimum atomic E-state index is -0.0766. The van der Waals surface area contributed by atoms with Crippen LogP contribution in [0.2, 0.25) is 0 Å². The zero-order valence-electron chi connectivity index (χ0n) is 9.44. The van der Waals surface area contributed by atoms with E-state index in [4.69, 9.17) is 0 Å². The van der Waals surface area contributed by atoms with Crippen molar-refractivity contribution in [1.82, 2.24) is 5.32 Å². The Labute approximate surface area is 90.7 Å². The van der Waals surface area contributed by atoms with Crippen LogP contribution in [0.15, 0.2) is 18.2 Å². The standard InChI is InChI=1S/C13H18FN/c1-10-3-4-11(9-12(10)14)13(2)5-7-15-8-6-13/h3-4,9,15H,5-8H2,1-2H3. The third-order valence-corrected chi connectivity index (χ3v) is 3.58. The fourth-order valence-electron chi connectivity index (χ4n) is 2.24. The highest BCUT2D eigenvalue weighted by molar-refractivity contribution is 5.30. The van der Waals surface area contributed by atoms with E-state index in [0.29, 0.717) is 0 Å². The van der Waals surface area contributed by atoms with Crippen molar-refractivity contribution in [3.63, 3.8) is 0 Å². The Bertz CT molecular complexity index is 354. The average molecular weight is 207 g/mol. The summed E-state index contributed by atoms with van der Waals surface area (Å²) in [7, 11) is 0. The van der Waals surface area contributed by atoms with E-state index in [1.807, 2.05) is 13.0 Å². The molecule has 1 aromatic carbocycles. The number of hydrogen-bond acceptors (Lipinski definition) is 1. The molecule has 1 heterocycles. The van der Waals surface area contributed by atoms with Crippen molar-refractivity contribution >= 4 is 0 Å². The van der Waals surface area contributed by atoms with Crippen LogP contribution >= 0.6 is 0 Å². The molecule has 1 N–H and O–H groups in total. The molecule has 1 saturated heterocycles. The molecule has 15 heavy (non-hydrogen) atoms. The summed E-state index contributed by atoms with van der Waals surface area (Å²) in [6.45, 7) is 6.11. The predicted molar refractivity (Wildman–Crippen MR) is 60.6 cm³/mol. The van der Waals surface area contributed by atoms with Crippen molar-refractivity contribution in [2.24, 2.45) is 0 Å². The van der Waals surface area contributed by atoms with Crippen LogP contribution in [0, 0.1) is 12.7 Å². The second kappa shape index (κ2) is 3.93. The van der Waals surface area contributed by atoms with Gasteiger partial charge in [0, 0.05) is 0 Å². The van der Waals surface area contributed by atoms with E-state index in [9.17, 15) is 4.39 Å². The van der Waals surface area contributed by atoms with E-state index in [0.717, 1.165) is 37.1 Å². The highest BCUT2D eigenvalue weighted by atomic mass is 19.1. The zero-order valence-corrected chi connectivity index (χ0v) is 9.44. The Kier molecular flexibility index (Phi) is 2.79. The normalized spacial score (nSPS) is 20.2. The van der Waals surface area contributed by atoms with Crippen molar-refractivity contribution in [3.8, 4) is 0 Å². The van der Waals surface area contributed by atoms with Crippen molar-refractivity contribution in [2.75, 3.05) is 13.1 Å². The summed E-state index contributed by atoms with van der Waals surface area (Å²) in [6.07, 6.45) is 2.19. The van der Waals surface area contributed by atoms with Gasteiger partial charge in [0.05, 0.1) is 0 Å². The minimum Gasteiger partial charge on any atom is -0.317 e. The first-order chi connectivity index (χ1) is 7.12. The summed E-state index contributed by atoms with van der Waals surface area (Å²) in [5.74, 6) is -0.0766. The van der Waals surface area contributed by atoms with Gasteiger partial charge < -0.3 is 5.32 Å². The summed E-state index contributed by atoms with van der Waals surface area (Å²) >= 11 is 0. The maximum atomic E-state index is 13.5. The number of hydrogen-bond donors (Lipinski definition) is 1. The van der Waals surface area contributed by atoms with Gasteiger partial charge in [-0.1, -0.05) is 19.1 Å². The number of nitrogens with one attached hydrogen (secondary N) is 1. The van der Waals surface area contributed by atoms with Crippen LogP contribution in [0.3, 0.4) is 0 Å². The average Bonchev–Trinajstić information content (AvgIpc) is 2.23. The van der Waals surface area contributed by atoms with Gasteiger partial charge in [-0.15, -0.1) is 0 Å². The highest BCUT2D eigenvalue weighted by Gasteiger charge is 2.28. The molecule has 1 fully saturated rings. The van der Waals surface area contributed by atoms with Crippen molar-refractivity contribution < 1.29 is 4.39 Å². The van der Waals surface area contributed by atoms with Crippen molar-refractivity contribution in [3.05, 3.63) is 35.1 Å². The molecule has 0 radical (unpaired) electrons. The van der Waals surface area contributed by atoms with Gasteiger partial charge in [0.2, 0.25) is 0 Å². The van der Waals surface area contributed by atoms with Gasteiger partial charge in [-0.05, 0) is 55.5 Å². The third-order valence-electron chi connectivity index (χ3n) is 3.58. The molecule has 1 aromatic rings. The van der Waals surface area contributed by atoms with Crippen LogP contribution in [-0.2, 0) is 5.41 Å². The molecule has 0 aromatic heterocycles. The molecule has 0 unspecified atom stereocenters.